The Morgan fingerprint density at radius 2 is 2.15 bits per heavy atom. The van der Waals surface area contributed by atoms with Crippen molar-refractivity contribution in [1.29, 1.82) is 0 Å². The van der Waals surface area contributed by atoms with Crippen LogP contribution in [0.15, 0.2) is 29.2 Å². The van der Waals surface area contributed by atoms with Gasteiger partial charge >= 0.3 is 0 Å². The van der Waals surface area contributed by atoms with Crippen molar-refractivity contribution in [2.24, 2.45) is 11.7 Å². The minimum Gasteiger partial charge on any atom is -0.315 e. The van der Waals surface area contributed by atoms with E-state index in [0.717, 1.165) is 18.9 Å². The van der Waals surface area contributed by atoms with Gasteiger partial charge in [-0.05, 0) is 24.8 Å². The number of nitrogens with two attached hydrogens (primary N) is 1. The van der Waals surface area contributed by atoms with Crippen LogP contribution in [-0.2, 0) is 10.0 Å². The van der Waals surface area contributed by atoms with Crippen molar-refractivity contribution in [3.05, 3.63) is 34.4 Å². The van der Waals surface area contributed by atoms with Gasteiger partial charge in [0.15, 0.2) is 0 Å². The van der Waals surface area contributed by atoms with Crippen molar-refractivity contribution in [2.45, 2.75) is 30.8 Å². The maximum absolute atomic E-state index is 12.5. The van der Waals surface area contributed by atoms with E-state index in [2.05, 4.69) is 0 Å². The summed E-state index contributed by atoms with van der Waals surface area (Å²) in [5, 5.41) is 10.7. The van der Waals surface area contributed by atoms with Crippen molar-refractivity contribution in [1.82, 2.24) is 4.31 Å². The summed E-state index contributed by atoms with van der Waals surface area (Å²) in [4.78, 5) is 10.0. The third-order valence-corrected chi connectivity index (χ3v) is 5.48. The van der Waals surface area contributed by atoms with Crippen LogP contribution >= 0.6 is 0 Å². The molecule has 1 aromatic carbocycles. The minimum atomic E-state index is -3.80. The Hall–Kier alpha value is -1.51. The first-order chi connectivity index (χ1) is 9.34. The van der Waals surface area contributed by atoms with Gasteiger partial charge in [0.25, 0.3) is 5.69 Å². The lowest BCUT2D eigenvalue weighted by atomic mass is 9.99. The molecular formula is C12H17N3O4S. The van der Waals surface area contributed by atoms with Gasteiger partial charge < -0.3 is 5.73 Å². The van der Waals surface area contributed by atoms with Crippen molar-refractivity contribution >= 4 is 15.7 Å². The summed E-state index contributed by atoms with van der Waals surface area (Å²) in [7, 11) is -3.80. The van der Waals surface area contributed by atoms with Crippen molar-refractivity contribution in [2.75, 3.05) is 6.54 Å². The molecule has 0 aromatic heterocycles. The Morgan fingerprint density at radius 3 is 2.80 bits per heavy atom. The molecule has 8 heteroatoms. The Kier molecular flexibility index (Phi) is 4.07. The van der Waals surface area contributed by atoms with Gasteiger partial charge in [0.05, 0.1) is 16.0 Å². The molecule has 2 N–H and O–H groups in total. The van der Waals surface area contributed by atoms with Crippen LogP contribution < -0.4 is 5.73 Å². The molecule has 1 aromatic rings. The van der Waals surface area contributed by atoms with E-state index in [-0.39, 0.29) is 16.5 Å². The molecule has 1 fully saturated rings. The van der Waals surface area contributed by atoms with Gasteiger partial charge in [-0.15, -0.1) is 0 Å². The molecule has 0 radical (unpaired) electrons. The van der Waals surface area contributed by atoms with E-state index in [1.807, 2.05) is 6.92 Å². The number of hydrogen-bond acceptors (Lipinski definition) is 5. The first-order valence-electron chi connectivity index (χ1n) is 6.36. The number of nitrogens with zero attached hydrogens (tertiary/aromatic N) is 2. The van der Waals surface area contributed by atoms with Gasteiger partial charge in [-0.1, -0.05) is 13.0 Å². The quantitative estimate of drug-likeness (QED) is 0.668. The van der Waals surface area contributed by atoms with Crippen LogP contribution in [0.5, 0.6) is 0 Å². The number of rotatable bonds is 3. The molecular weight excluding hydrogens is 282 g/mol. The highest BCUT2D eigenvalue weighted by molar-refractivity contribution is 7.89. The molecule has 1 aliphatic heterocycles. The molecule has 2 rings (SSSR count). The number of benzene rings is 1. The number of hydrogen-bond donors (Lipinski definition) is 1. The van der Waals surface area contributed by atoms with Crippen LogP contribution in [0.2, 0.25) is 0 Å². The van der Waals surface area contributed by atoms with E-state index in [0.29, 0.717) is 6.54 Å². The molecule has 1 heterocycles. The SMILES string of the molecule is CC1CCCN(S(=O)(=O)c2cccc([N+](=O)[O-])c2)C1N. The molecule has 7 nitrogen and oxygen atoms in total. The first-order valence-corrected chi connectivity index (χ1v) is 7.80. The number of piperidine rings is 1. The smallest absolute Gasteiger partial charge is 0.270 e. The predicted octanol–water partition coefficient (Wildman–Crippen LogP) is 1.30. The molecule has 0 bridgehead atoms. The second-order valence-electron chi connectivity index (χ2n) is 4.98. The van der Waals surface area contributed by atoms with Crippen LogP contribution in [0, 0.1) is 16.0 Å². The molecule has 2 unspecified atom stereocenters. The lowest BCUT2D eigenvalue weighted by Crippen LogP contribution is -2.52. The summed E-state index contributed by atoms with van der Waals surface area (Å²) in [5.74, 6) is 0.0669. The van der Waals surface area contributed by atoms with E-state index in [1.165, 1.54) is 22.5 Å². The molecule has 0 spiro atoms. The predicted molar refractivity (Wildman–Crippen MR) is 73.4 cm³/mol. The zero-order chi connectivity index (χ0) is 14.9. The fraction of sp³-hybridized carbons (Fsp3) is 0.500. The lowest BCUT2D eigenvalue weighted by Gasteiger charge is -2.36. The highest BCUT2D eigenvalue weighted by Crippen LogP contribution is 2.27. The topological polar surface area (TPSA) is 107 Å². The Balaban J connectivity index is 2.39. The number of sulfonamides is 1. The first kappa shape index (κ1) is 14.9. The monoisotopic (exact) mass is 299 g/mol. The van der Waals surface area contributed by atoms with E-state index in [1.54, 1.807) is 0 Å². The average molecular weight is 299 g/mol. The Morgan fingerprint density at radius 1 is 1.45 bits per heavy atom. The summed E-state index contributed by atoms with van der Waals surface area (Å²) in [6.07, 6.45) is 1.03. The van der Waals surface area contributed by atoms with Gasteiger partial charge in [0.1, 0.15) is 0 Å². The van der Waals surface area contributed by atoms with Gasteiger partial charge in [-0.3, -0.25) is 10.1 Å². The average Bonchev–Trinajstić information content (AvgIpc) is 2.41. The summed E-state index contributed by atoms with van der Waals surface area (Å²) >= 11 is 0. The molecule has 0 saturated carbocycles. The zero-order valence-electron chi connectivity index (χ0n) is 11.1. The normalized spacial score (nSPS) is 24.5. The largest absolute Gasteiger partial charge is 0.315 e. The number of non-ortho nitro benzene ring substituents is 1. The zero-order valence-corrected chi connectivity index (χ0v) is 11.9. The van der Waals surface area contributed by atoms with Crippen molar-refractivity contribution in [3.8, 4) is 0 Å². The fourth-order valence-electron chi connectivity index (χ4n) is 2.35. The Labute approximate surface area is 117 Å². The van der Waals surface area contributed by atoms with Crippen LogP contribution in [0.3, 0.4) is 0 Å². The minimum absolute atomic E-state index is 0.0669. The standard InChI is InChI=1S/C12H17N3O4S/c1-9-4-3-7-14(12(9)13)20(18,19)11-6-2-5-10(8-11)15(16)17/h2,5-6,8-9,12H,3-4,7,13H2,1H3. The van der Waals surface area contributed by atoms with Crippen LogP contribution in [0.4, 0.5) is 5.69 Å². The second kappa shape index (κ2) is 5.47. The molecule has 1 saturated heterocycles. The molecule has 20 heavy (non-hydrogen) atoms. The molecule has 2 atom stereocenters. The Bertz CT molecular complexity index is 617. The van der Waals surface area contributed by atoms with E-state index < -0.39 is 21.1 Å². The van der Waals surface area contributed by atoms with Crippen molar-refractivity contribution < 1.29 is 13.3 Å². The fourth-order valence-corrected chi connectivity index (χ4v) is 4.03. The summed E-state index contributed by atoms with van der Waals surface area (Å²) in [6.45, 7) is 2.25. The van der Waals surface area contributed by atoms with E-state index in [9.17, 15) is 18.5 Å². The molecule has 0 amide bonds. The summed E-state index contributed by atoms with van der Waals surface area (Å²) in [6, 6.07) is 5.05. The summed E-state index contributed by atoms with van der Waals surface area (Å²) < 4.78 is 26.3. The maximum Gasteiger partial charge on any atom is 0.270 e. The van der Waals surface area contributed by atoms with Crippen LogP contribution in [-0.4, -0.2) is 30.4 Å². The molecule has 110 valence electrons. The van der Waals surface area contributed by atoms with Crippen LogP contribution in [0.1, 0.15) is 19.8 Å². The van der Waals surface area contributed by atoms with Crippen molar-refractivity contribution in [3.63, 3.8) is 0 Å². The maximum atomic E-state index is 12.5. The third kappa shape index (κ3) is 2.67. The number of nitro benzene ring substituents is 1. The number of nitro groups is 1. The lowest BCUT2D eigenvalue weighted by molar-refractivity contribution is -0.385. The highest BCUT2D eigenvalue weighted by atomic mass is 32.2. The van der Waals surface area contributed by atoms with E-state index in [4.69, 9.17) is 5.73 Å². The van der Waals surface area contributed by atoms with Crippen LogP contribution in [0.25, 0.3) is 0 Å². The van der Waals surface area contributed by atoms with Gasteiger partial charge in [0, 0.05) is 18.7 Å². The molecule has 0 aliphatic carbocycles. The third-order valence-electron chi connectivity index (χ3n) is 3.59. The van der Waals surface area contributed by atoms with Gasteiger partial charge in [-0.25, -0.2) is 8.42 Å². The van der Waals surface area contributed by atoms with Gasteiger partial charge in [-0.2, -0.15) is 4.31 Å². The summed E-state index contributed by atoms with van der Waals surface area (Å²) in [5.41, 5.74) is 5.71. The highest BCUT2D eigenvalue weighted by Gasteiger charge is 2.35. The van der Waals surface area contributed by atoms with Gasteiger partial charge in [0.2, 0.25) is 10.0 Å². The van der Waals surface area contributed by atoms with E-state index >= 15 is 0 Å². The molecule has 1 aliphatic rings. The second-order valence-corrected chi connectivity index (χ2v) is 6.87.